The van der Waals surface area contributed by atoms with Crippen LogP contribution in [0, 0.1) is 0 Å². The molecule has 150 valence electrons. The van der Waals surface area contributed by atoms with Gasteiger partial charge in [-0.1, -0.05) is 12.1 Å². The highest BCUT2D eigenvalue weighted by Gasteiger charge is 2.40. The molecular formula is C21H19NO7. The van der Waals surface area contributed by atoms with Crippen molar-refractivity contribution >= 4 is 29.0 Å². The van der Waals surface area contributed by atoms with Crippen LogP contribution < -0.4 is 9.64 Å². The Bertz CT molecular complexity index is 962. The minimum Gasteiger partial charge on any atom is -0.502 e. The molecule has 0 fully saturated rings. The molecule has 29 heavy (non-hydrogen) atoms. The van der Waals surface area contributed by atoms with E-state index >= 15 is 0 Å². The number of ether oxygens (including phenoxy) is 3. The van der Waals surface area contributed by atoms with Crippen LogP contribution in [0.15, 0.2) is 54.3 Å². The molecule has 3 rings (SSSR count). The predicted octanol–water partition coefficient (Wildman–Crippen LogP) is 2.34. The third-order valence-electron chi connectivity index (χ3n) is 4.32. The largest absolute Gasteiger partial charge is 0.502 e. The highest BCUT2D eigenvalue weighted by molar-refractivity contribution is 6.44. The summed E-state index contributed by atoms with van der Waals surface area (Å²) in [6, 6.07) is 12.2. The second-order valence-electron chi connectivity index (χ2n) is 6.07. The van der Waals surface area contributed by atoms with Crippen molar-refractivity contribution in [3.63, 3.8) is 0 Å². The van der Waals surface area contributed by atoms with Gasteiger partial charge in [0, 0.05) is 7.11 Å². The number of imide groups is 1. The summed E-state index contributed by atoms with van der Waals surface area (Å²) in [4.78, 5) is 38.1. The molecule has 2 aromatic rings. The van der Waals surface area contributed by atoms with Gasteiger partial charge in [-0.25, -0.2) is 9.69 Å². The van der Waals surface area contributed by atoms with Gasteiger partial charge in [0.2, 0.25) is 0 Å². The number of anilines is 1. The van der Waals surface area contributed by atoms with E-state index in [2.05, 4.69) is 0 Å². The molecule has 8 nitrogen and oxygen atoms in total. The van der Waals surface area contributed by atoms with Crippen molar-refractivity contribution in [3.8, 4) is 5.75 Å². The maximum Gasteiger partial charge on any atom is 0.338 e. The first kappa shape index (κ1) is 20.1. The normalized spacial score (nSPS) is 13.8. The SMILES string of the molecule is COCCOC(=O)c1ccc(N2C(=O)C(O)=C(c3ccc(OC)cc3)C2=O)cc1. The van der Waals surface area contributed by atoms with Crippen LogP contribution in [-0.2, 0) is 19.1 Å². The highest BCUT2D eigenvalue weighted by Crippen LogP contribution is 2.32. The van der Waals surface area contributed by atoms with E-state index in [9.17, 15) is 19.5 Å². The number of aliphatic hydroxyl groups is 1. The number of rotatable bonds is 7. The van der Waals surface area contributed by atoms with Gasteiger partial charge in [-0.15, -0.1) is 0 Å². The molecule has 0 atom stereocenters. The molecule has 0 unspecified atom stereocenters. The molecule has 0 aromatic heterocycles. The first-order chi connectivity index (χ1) is 14.0. The van der Waals surface area contributed by atoms with E-state index < -0.39 is 23.5 Å². The number of carbonyl (C=O) groups is 3. The molecule has 0 saturated heterocycles. The molecule has 2 amide bonds. The molecule has 1 aliphatic heterocycles. The third kappa shape index (κ3) is 3.97. The summed E-state index contributed by atoms with van der Waals surface area (Å²) in [6.45, 7) is 0.392. The highest BCUT2D eigenvalue weighted by atomic mass is 16.6. The predicted molar refractivity (Wildman–Crippen MR) is 104 cm³/mol. The van der Waals surface area contributed by atoms with Crippen molar-refractivity contribution in [2.24, 2.45) is 0 Å². The van der Waals surface area contributed by atoms with Crippen LogP contribution in [0.5, 0.6) is 5.75 Å². The van der Waals surface area contributed by atoms with E-state index in [1.54, 1.807) is 24.3 Å². The van der Waals surface area contributed by atoms with Crippen LogP contribution in [0.2, 0.25) is 0 Å². The van der Waals surface area contributed by atoms with Gasteiger partial charge in [-0.3, -0.25) is 9.59 Å². The topological polar surface area (TPSA) is 102 Å². The lowest BCUT2D eigenvalue weighted by atomic mass is 10.1. The van der Waals surface area contributed by atoms with Crippen LogP contribution >= 0.6 is 0 Å². The number of esters is 1. The van der Waals surface area contributed by atoms with Crippen molar-refractivity contribution < 1.29 is 33.7 Å². The van der Waals surface area contributed by atoms with E-state index in [-0.39, 0.29) is 30.0 Å². The van der Waals surface area contributed by atoms with Gasteiger partial charge < -0.3 is 19.3 Å². The van der Waals surface area contributed by atoms with E-state index in [1.165, 1.54) is 38.5 Å². The molecule has 0 bridgehead atoms. The van der Waals surface area contributed by atoms with Gasteiger partial charge in [-0.05, 0) is 42.0 Å². The maximum absolute atomic E-state index is 12.8. The van der Waals surface area contributed by atoms with E-state index in [0.717, 1.165) is 4.90 Å². The minimum atomic E-state index is -0.837. The van der Waals surface area contributed by atoms with Gasteiger partial charge >= 0.3 is 11.9 Å². The number of carbonyl (C=O) groups excluding carboxylic acids is 3. The zero-order chi connectivity index (χ0) is 21.0. The van der Waals surface area contributed by atoms with Crippen molar-refractivity contribution in [2.75, 3.05) is 32.3 Å². The maximum atomic E-state index is 12.8. The number of aliphatic hydroxyl groups excluding tert-OH is 1. The second kappa shape index (κ2) is 8.57. The molecule has 0 saturated carbocycles. The number of amides is 2. The molecule has 1 aliphatic rings. The van der Waals surface area contributed by atoms with Gasteiger partial charge in [0.05, 0.1) is 30.5 Å². The van der Waals surface area contributed by atoms with Gasteiger partial charge in [0.25, 0.3) is 5.91 Å². The van der Waals surface area contributed by atoms with E-state index in [0.29, 0.717) is 11.3 Å². The van der Waals surface area contributed by atoms with Crippen molar-refractivity contribution in [1.82, 2.24) is 0 Å². The zero-order valence-electron chi connectivity index (χ0n) is 15.9. The fourth-order valence-corrected chi connectivity index (χ4v) is 2.82. The monoisotopic (exact) mass is 397 g/mol. The summed E-state index contributed by atoms with van der Waals surface area (Å²) in [6.07, 6.45) is 0. The van der Waals surface area contributed by atoms with Crippen molar-refractivity contribution in [3.05, 3.63) is 65.4 Å². The van der Waals surface area contributed by atoms with Crippen LogP contribution in [0.25, 0.3) is 5.57 Å². The van der Waals surface area contributed by atoms with Gasteiger partial charge in [-0.2, -0.15) is 0 Å². The lowest BCUT2D eigenvalue weighted by Crippen LogP contribution is -2.31. The quantitative estimate of drug-likeness (QED) is 0.435. The smallest absolute Gasteiger partial charge is 0.338 e. The zero-order valence-corrected chi connectivity index (χ0v) is 15.9. The van der Waals surface area contributed by atoms with Gasteiger partial charge in [0.1, 0.15) is 12.4 Å². The summed E-state index contributed by atoms with van der Waals surface area (Å²) in [5, 5.41) is 10.3. The van der Waals surface area contributed by atoms with Gasteiger partial charge in [0.15, 0.2) is 5.76 Å². The van der Waals surface area contributed by atoms with Crippen LogP contribution in [-0.4, -0.2) is 50.3 Å². The molecule has 8 heteroatoms. The number of hydrogen-bond donors (Lipinski definition) is 1. The average Bonchev–Trinajstić information content (AvgIpc) is 2.96. The Morgan fingerprint density at radius 1 is 0.931 bits per heavy atom. The summed E-state index contributed by atoms with van der Waals surface area (Å²) >= 11 is 0. The molecule has 1 N–H and O–H groups in total. The average molecular weight is 397 g/mol. The van der Waals surface area contributed by atoms with E-state index in [1.807, 2.05) is 0 Å². The standard InChI is InChI=1S/C21H19NO7/c1-27-11-12-29-21(26)14-3-7-15(8-4-14)22-19(24)17(18(23)20(22)25)13-5-9-16(28-2)10-6-13/h3-10,23H,11-12H2,1-2H3. The molecule has 0 spiro atoms. The Labute approximate surface area is 166 Å². The Balaban J connectivity index is 1.80. The molecule has 1 heterocycles. The van der Waals surface area contributed by atoms with Crippen molar-refractivity contribution in [2.45, 2.75) is 0 Å². The third-order valence-corrected chi connectivity index (χ3v) is 4.32. The van der Waals surface area contributed by atoms with Crippen LogP contribution in [0.4, 0.5) is 5.69 Å². The lowest BCUT2D eigenvalue weighted by Gasteiger charge is -2.15. The molecular weight excluding hydrogens is 378 g/mol. The summed E-state index contributed by atoms with van der Waals surface area (Å²) < 4.78 is 14.9. The Morgan fingerprint density at radius 3 is 2.17 bits per heavy atom. The minimum absolute atomic E-state index is 0.0966. The van der Waals surface area contributed by atoms with Crippen LogP contribution in [0.3, 0.4) is 0 Å². The Hall–Kier alpha value is -3.65. The number of hydrogen-bond acceptors (Lipinski definition) is 7. The number of methoxy groups -OCH3 is 2. The first-order valence-corrected chi connectivity index (χ1v) is 8.70. The van der Waals surface area contributed by atoms with Crippen LogP contribution in [0.1, 0.15) is 15.9 Å². The molecule has 0 radical (unpaired) electrons. The summed E-state index contributed by atoms with van der Waals surface area (Å²) in [7, 11) is 3.01. The van der Waals surface area contributed by atoms with Crippen molar-refractivity contribution in [1.29, 1.82) is 0 Å². The second-order valence-corrected chi connectivity index (χ2v) is 6.07. The fraction of sp³-hybridized carbons (Fsp3) is 0.190. The Morgan fingerprint density at radius 2 is 1.59 bits per heavy atom. The number of nitrogens with zero attached hydrogens (tertiary/aromatic N) is 1. The fourth-order valence-electron chi connectivity index (χ4n) is 2.82. The Kier molecular flexibility index (Phi) is 5.94. The van der Waals surface area contributed by atoms with E-state index in [4.69, 9.17) is 14.2 Å². The molecule has 2 aromatic carbocycles. The summed E-state index contributed by atoms with van der Waals surface area (Å²) in [5.74, 6) is -2.10. The lowest BCUT2D eigenvalue weighted by molar-refractivity contribution is -0.121. The number of benzene rings is 2. The summed E-state index contributed by atoms with van der Waals surface area (Å²) in [5.41, 5.74) is 0.781. The molecule has 0 aliphatic carbocycles. The first-order valence-electron chi connectivity index (χ1n) is 8.70.